The molecule has 2 aromatic rings. The Balaban J connectivity index is 1.84. The molecule has 1 amide bonds. The second-order valence-corrected chi connectivity index (χ2v) is 6.46. The molecule has 0 saturated heterocycles. The van der Waals surface area contributed by atoms with Gasteiger partial charge >= 0.3 is 5.24 Å². The summed E-state index contributed by atoms with van der Waals surface area (Å²) in [6.07, 6.45) is 0. The van der Waals surface area contributed by atoms with Crippen LogP contribution < -0.4 is 0 Å². The minimum atomic E-state index is -0.460. The fraction of sp³-hybridized carbons (Fsp3) is 0.125. The summed E-state index contributed by atoms with van der Waals surface area (Å²) in [4.78, 5) is 22.5. The van der Waals surface area contributed by atoms with Crippen LogP contribution in [-0.4, -0.2) is 26.6 Å². The standard InChI is InChI=1S/C16H12ClN3O3S/c17-13-6-4-12(5-7-13)15-10-24-16(21)19(18-15)9-11-2-1-3-14(8-11)20(22)23/h1-8H,9-10H2. The zero-order chi connectivity index (χ0) is 17.1. The zero-order valence-corrected chi connectivity index (χ0v) is 14.0. The molecule has 0 N–H and O–H groups in total. The lowest BCUT2D eigenvalue weighted by Gasteiger charge is -2.23. The topological polar surface area (TPSA) is 75.8 Å². The van der Waals surface area contributed by atoms with E-state index in [0.717, 1.165) is 23.0 Å². The van der Waals surface area contributed by atoms with Gasteiger partial charge in [-0.25, -0.2) is 5.01 Å². The molecule has 8 heteroatoms. The molecular formula is C16H12ClN3O3S. The van der Waals surface area contributed by atoms with Crippen LogP contribution in [0.2, 0.25) is 5.02 Å². The van der Waals surface area contributed by atoms with Gasteiger partial charge in [0.2, 0.25) is 0 Å². The van der Waals surface area contributed by atoms with Crippen molar-refractivity contribution in [1.82, 2.24) is 5.01 Å². The third kappa shape index (κ3) is 3.74. The lowest BCUT2D eigenvalue weighted by Crippen LogP contribution is -2.29. The van der Waals surface area contributed by atoms with Gasteiger partial charge in [-0.2, -0.15) is 5.10 Å². The molecule has 0 saturated carbocycles. The summed E-state index contributed by atoms with van der Waals surface area (Å²) in [5, 5.41) is 17.0. The van der Waals surface area contributed by atoms with E-state index in [0.29, 0.717) is 16.3 Å². The normalized spacial score (nSPS) is 14.5. The first kappa shape index (κ1) is 16.5. The van der Waals surface area contributed by atoms with Crippen LogP contribution in [0.15, 0.2) is 53.6 Å². The first-order chi connectivity index (χ1) is 11.5. The fourth-order valence-electron chi connectivity index (χ4n) is 2.24. The Morgan fingerprint density at radius 3 is 2.71 bits per heavy atom. The number of carbonyl (C=O) groups is 1. The molecule has 1 heterocycles. The van der Waals surface area contributed by atoms with Gasteiger partial charge in [0.25, 0.3) is 5.69 Å². The highest BCUT2D eigenvalue weighted by Gasteiger charge is 2.22. The molecule has 1 aliphatic heterocycles. The molecule has 3 rings (SSSR count). The maximum atomic E-state index is 12.1. The number of nitro groups is 1. The minimum absolute atomic E-state index is 0.00786. The number of nitro benzene ring substituents is 1. The quantitative estimate of drug-likeness (QED) is 0.600. The number of hydrazone groups is 1. The third-order valence-electron chi connectivity index (χ3n) is 3.42. The van der Waals surface area contributed by atoms with Gasteiger partial charge in [0.1, 0.15) is 0 Å². The molecule has 24 heavy (non-hydrogen) atoms. The van der Waals surface area contributed by atoms with Crippen molar-refractivity contribution < 1.29 is 9.72 Å². The molecule has 0 spiro atoms. The summed E-state index contributed by atoms with van der Waals surface area (Å²) < 4.78 is 0. The van der Waals surface area contributed by atoms with Gasteiger partial charge < -0.3 is 0 Å². The summed E-state index contributed by atoms with van der Waals surface area (Å²) in [7, 11) is 0. The molecule has 0 bridgehead atoms. The number of nitrogens with zero attached hydrogens (tertiary/aromatic N) is 3. The Morgan fingerprint density at radius 2 is 2.00 bits per heavy atom. The van der Waals surface area contributed by atoms with Gasteiger partial charge in [0, 0.05) is 22.9 Å². The highest BCUT2D eigenvalue weighted by atomic mass is 35.5. The Kier molecular flexibility index (Phi) is 4.82. The first-order valence-electron chi connectivity index (χ1n) is 7.04. The number of carbonyl (C=O) groups excluding carboxylic acids is 1. The lowest BCUT2D eigenvalue weighted by molar-refractivity contribution is -0.384. The highest BCUT2D eigenvalue weighted by molar-refractivity contribution is 8.14. The van der Waals surface area contributed by atoms with Crippen molar-refractivity contribution in [3.05, 3.63) is 74.8 Å². The van der Waals surface area contributed by atoms with Gasteiger partial charge in [-0.05, 0) is 23.3 Å². The predicted molar refractivity (Wildman–Crippen MR) is 94.5 cm³/mol. The van der Waals surface area contributed by atoms with Crippen molar-refractivity contribution in [2.45, 2.75) is 6.54 Å². The number of hydrogen-bond acceptors (Lipinski definition) is 5. The SMILES string of the molecule is O=C1SCC(c2ccc(Cl)cc2)=NN1Cc1cccc([N+](=O)[O-])c1. The summed E-state index contributed by atoms with van der Waals surface area (Å²) >= 11 is 7.04. The molecular weight excluding hydrogens is 350 g/mol. The third-order valence-corrected chi connectivity index (χ3v) is 4.54. The van der Waals surface area contributed by atoms with E-state index in [1.54, 1.807) is 24.3 Å². The van der Waals surface area contributed by atoms with E-state index in [1.165, 1.54) is 17.1 Å². The molecule has 0 radical (unpaired) electrons. The van der Waals surface area contributed by atoms with E-state index in [-0.39, 0.29) is 17.5 Å². The van der Waals surface area contributed by atoms with Gasteiger partial charge in [0.15, 0.2) is 0 Å². The van der Waals surface area contributed by atoms with Crippen LogP contribution in [0.4, 0.5) is 10.5 Å². The maximum Gasteiger partial charge on any atom is 0.302 e. The van der Waals surface area contributed by atoms with Crippen LogP contribution in [0.3, 0.4) is 0 Å². The van der Waals surface area contributed by atoms with Crippen molar-refractivity contribution in [1.29, 1.82) is 0 Å². The molecule has 0 fully saturated rings. The van der Waals surface area contributed by atoms with E-state index in [2.05, 4.69) is 5.10 Å². The van der Waals surface area contributed by atoms with Crippen molar-refractivity contribution >= 4 is 40.0 Å². The molecule has 2 aromatic carbocycles. The Hall–Kier alpha value is -2.38. The van der Waals surface area contributed by atoms with E-state index in [9.17, 15) is 14.9 Å². The maximum absolute atomic E-state index is 12.1. The van der Waals surface area contributed by atoms with E-state index in [4.69, 9.17) is 11.6 Å². The number of benzene rings is 2. The molecule has 0 aliphatic carbocycles. The van der Waals surface area contributed by atoms with Crippen LogP contribution in [0.25, 0.3) is 0 Å². The zero-order valence-electron chi connectivity index (χ0n) is 12.4. The highest BCUT2D eigenvalue weighted by Crippen LogP contribution is 2.23. The van der Waals surface area contributed by atoms with Gasteiger partial charge in [-0.1, -0.05) is 47.6 Å². The Bertz CT molecular complexity index is 824. The van der Waals surface area contributed by atoms with Crippen LogP contribution in [0, 0.1) is 10.1 Å². The number of hydrogen-bond donors (Lipinski definition) is 0. The van der Waals surface area contributed by atoms with Gasteiger partial charge in [-0.3, -0.25) is 14.9 Å². The van der Waals surface area contributed by atoms with Crippen LogP contribution >= 0.6 is 23.4 Å². The monoisotopic (exact) mass is 361 g/mol. The Labute approximate surface area is 147 Å². The Morgan fingerprint density at radius 1 is 1.25 bits per heavy atom. The largest absolute Gasteiger partial charge is 0.302 e. The molecule has 0 atom stereocenters. The molecule has 1 aliphatic rings. The molecule has 0 aromatic heterocycles. The van der Waals surface area contributed by atoms with E-state index in [1.807, 2.05) is 12.1 Å². The van der Waals surface area contributed by atoms with E-state index >= 15 is 0 Å². The van der Waals surface area contributed by atoms with Crippen LogP contribution in [0.5, 0.6) is 0 Å². The summed E-state index contributed by atoms with van der Waals surface area (Å²) in [5.74, 6) is 0.478. The van der Waals surface area contributed by atoms with Crippen LogP contribution in [0.1, 0.15) is 11.1 Å². The van der Waals surface area contributed by atoms with Crippen molar-refractivity contribution in [3.63, 3.8) is 0 Å². The number of thioether (sulfide) groups is 1. The minimum Gasteiger partial charge on any atom is -0.260 e. The average Bonchev–Trinajstić information content (AvgIpc) is 2.58. The second-order valence-electron chi connectivity index (χ2n) is 5.09. The van der Waals surface area contributed by atoms with Crippen LogP contribution in [-0.2, 0) is 6.54 Å². The van der Waals surface area contributed by atoms with E-state index < -0.39 is 4.92 Å². The molecule has 122 valence electrons. The smallest absolute Gasteiger partial charge is 0.260 e. The van der Waals surface area contributed by atoms with Gasteiger partial charge in [-0.15, -0.1) is 0 Å². The van der Waals surface area contributed by atoms with Gasteiger partial charge in [0.05, 0.1) is 17.2 Å². The fourth-order valence-corrected chi connectivity index (χ4v) is 3.11. The number of rotatable bonds is 4. The molecule has 6 nitrogen and oxygen atoms in total. The van der Waals surface area contributed by atoms with Crippen molar-refractivity contribution in [3.8, 4) is 0 Å². The van der Waals surface area contributed by atoms with Crippen molar-refractivity contribution in [2.24, 2.45) is 5.10 Å². The van der Waals surface area contributed by atoms with Crippen molar-refractivity contribution in [2.75, 3.05) is 5.75 Å². The summed E-state index contributed by atoms with van der Waals surface area (Å²) in [6, 6.07) is 13.4. The lowest BCUT2D eigenvalue weighted by atomic mass is 10.1. The number of halogens is 1. The predicted octanol–water partition coefficient (Wildman–Crippen LogP) is 4.32. The number of amides is 1. The molecule has 0 unspecified atom stereocenters. The second kappa shape index (κ2) is 7.02. The summed E-state index contributed by atoms with van der Waals surface area (Å²) in [6.45, 7) is 0.185. The number of non-ortho nitro benzene ring substituents is 1. The average molecular weight is 362 g/mol. The summed E-state index contributed by atoms with van der Waals surface area (Å²) in [5.41, 5.74) is 2.30. The first-order valence-corrected chi connectivity index (χ1v) is 8.40.